The van der Waals surface area contributed by atoms with Crippen LogP contribution in [0, 0.1) is 11.8 Å². The maximum absolute atomic E-state index is 13.0. The lowest BCUT2D eigenvalue weighted by Crippen LogP contribution is -2.34. The number of aromatic nitrogens is 2. The van der Waals surface area contributed by atoms with Gasteiger partial charge in [-0.2, -0.15) is 18.2 Å². The van der Waals surface area contributed by atoms with Gasteiger partial charge in [0.1, 0.15) is 6.26 Å². The molecule has 0 spiro atoms. The Labute approximate surface area is 144 Å². The van der Waals surface area contributed by atoms with Crippen LogP contribution in [-0.2, 0) is 16.0 Å². The number of furan rings is 1. The topological polar surface area (TPSA) is 110 Å². The van der Waals surface area contributed by atoms with Crippen molar-refractivity contribution in [2.24, 2.45) is 11.8 Å². The minimum absolute atomic E-state index is 0.0363. The first-order chi connectivity index (χ1) is 12.3. The molecular weight excluding hydrogens is 359 g/mol. The number of carbonyl (C=O) groups excluding carboxylic acids is 1. The molecule has 2 aromatic rings. The van der Waals surface area contributed by atoms with Gasteiger partial charge in [0.05, 0.1) is 23.7 Å². The zero-order chi connectivity index (χ0) is 18.9. The van der Waals surface area contributed by atoms with Crippen LogP contribution < -0.4 is 0 Å². The summed E-state index contributed by atoms with van der Waals surface area (Å²) in [4.78, 5) is 28.2. The summed E-state index contributed by atoms with van der Waals surface area (Å²) < 4.78 is 48.7. The van der Waals surface area contributed by atoms with Gasteiger partial charge in [0.15, 0.2) is 0 Å². The Balaban J connectivity index is 1.59. The Morgan fingerprint density at radius 3 is 2.69 bits per heavy atom. The standard InChI is InChI=1S/C15H14F3N3O5/c16-15(17,18)10-6-21(5-9(10)14(23)24)12(22)2-1-11-19-13(20-26-11)8-3-4-25-7-8/h3-4,7,9-10H,1-2,5-6H2,(H,23,24)/t9-,10-/m1/s1. The third-order valence-electron chi connectivity index (χ3n) is 4.21. The van der Waals surface area contributed by atoms with E-state index < -0.39 is 43.0 Å². The number of nitrogens with zero attached hydrogens (tertiary/aromatic N) is 3. The van der Waals surface area contributed by atoms with Crippen molar-refractivity contribution in [3.63, 3.8) is 0 Å². The SMILES string of the molecule is O=C(O)[C@@H]1CN(C(=O)CCc2nc(-c3ccoc3)no2)C[C@H]1C(F)(F)F. The number of carbonyl (C=O) groups is 2. The maximum Gasteiger partial charge on any atom is 0.394 e. The van der Waals surface area contributed by atoms with Gasteiger partial charge in [-0.15, -0.1) is 0 Å². The highest BCUT2D eigenvalue weighted by Gasteiger charge is 2.53. The molecule has 0 saturated carbocycles. The largest absolute Gasteiger partial charge is 0.481 e. The van der Waals surface area contributed by atoms with Gasteiger partial charge < -0.3 is 18.9 Å². The molecule has 3 rings (SSSR count). The van der Waals surface area contributed by atoms with Crippen molar-refractivity contribution in [3.8, 4) is 11.4 Å². The van der Waals surface area contributed by atoms with E-state index in [2.05, 4.69) is 10.1 Å². The molecule has 1 N–H and O–H groups in total. The van der Waals surface area contributed by atoms with Crippen molar-refractivity contribution in [2.75, 3.05) is 13.1 Å². The predicted molar refractivity (Wildman–Crippen MR) is 77.6 cm³/mol. The minimum Gasteiger partial charge on any atom is -0.481 e. The highest BCUT2D eigenvalue weighted by atomic mass is 19.4. The number of likely N-dealkylation sites (tertiary alicyclic amines) is 1. The molecule has 1 aliphatic rings. The molecule has 8 nitrogen and oxygen atoms in total. The normalized spacial score (nSPS) is 20.5. The molecule has 1 fully saturated rings. The van der Waals surface area contributed by atoms with Gasteiger partial charge in [0.25, 0.3) is 0 Å². The number of hydrogen-bond donors (Lipinski definition) is 1. The Bertz CT molecular complexity index is 787. The number of amides is 1. The fraction of sp³-hybridized carbons (Fsp3) is 0.467. The first-order valence-electron chi connectivity index (χ1n) is 7.68. The Hall–Kier alpha value is -2.85. The van der Waals surface area contributed by atoms with E-state index in [1.165, 1.54) is 12.5 Å². The third-order valence-corrected chi connectivity index (χ3v) is 4.21. The number of aliphatic carboxylic acids is 1. The highest BCUT2D eigenvalue weighted by molar-refractivity contribution is 5.79. The van der Waals surface area contributed by atoms with E-state index in [1.54, 1.807) is 6.07 Å². The first-order valence-corrected chi connectivity index (χ1v) is 7.68. The van der Waals surface area contributed by atoms with Crippen molar-refractivity contribution in [1.82, 2.24) is 15.0 Å². The number of alkyl halides is 3. The molecule has 0 unspecified atom stereocenters. The monoisotopic (exact) mass is 373 g/mol. The highest BCUT2D eigenvalue weighted by Crippen LogP contribution is 2.37. The average Bonchev–Trinajstić information content (AvgIpc) is 3.30. The summed E-state index contributed by atoms with van der Waals surface area (Å²) in [6, 6.07) is 1.62. The summed E-state index contributed by atoms with van der Waals surface area (Å²) in [7, 11) is 0. The molecule has 0 radical (unpaired) electrons. The number of aryl methyl sites for hydroxylation is 1. The summed E-state index contributed by atoms with van der Waals surface area (Å²) >= 11 is 0. The van der Waals surface area contributed by atoms with Crippen LogP contribution in [0.5, 0.6) is 0 Å². The number of halogens is 3. The van der Waals surface area contributed by atoms with E-state index in [0.717, 1.165) is 4.90 Å². The van der Waals surface area contributed by atoms with Gasteiger partial charge in [0.2, 0.25) is 17.6 Å². The second-order valence-corrected chi connectivity index (χ2v) is 5.92. The third kappa shape index (κ3) is 3.70. The number of rotatable bonds is 5. The van der Waals surface area contributed by atoms with Gasteiger partial charge in [0, 0.05) is 25.9 Å². The smallest absolute Gasteiger partial charge is 0.394 e. The summed E-state index contributed by atoms with van der Waals surface area (Å²) in [5.41, 5.74) is 0.586. The van der Waals surface area contributed by atoms with Crippen LogP contribution in [0.3, 0.4) is 0 Å². The van der Waals surface area contributed by atoms with Gasteiger partial charge >= 0.3 is 12.1 Å². The molecule has 2 aromatic heterocycles. The molecule has 0 aromatic carbocycles. The fourth-order valence-corrected chi connectivity index (χ4v) is 2.83. The van der Waals surface area contributed by atoms with Gasteiger partial charge in [-0.25, -0.2) is 0 Å². The lowest BCUT2D eigenvalue weighted by molar-refractivity contribution is -0.188. The Morgan fingerprint density at radius 1 is 1.35 bits per heavy atom. The average molecular weight is 373 g/mol. The van der Waals surface area contributed by atoms with Crippen LogP contribution >= 0.6 is 0 Å². The zero-order valence-electron chi connectivity index (χ0n) is 13.3. The van der Waals surface area contributed by atoms with Crippen LogP contribution in [0.25, 0.3) is 11.4 Å². The molecule has 1 amide bonds. The molecule has 11 heteroatoms. The quantitative estimate of drug-likeness (QED) is 0.853. The lowest BCUT2D eigenvalue weighted by atomic mass is 9.96. The molecule has 1 saturated heterocycles. The molecule has 3 heterocycles. The maximum atomic E-state index is 13.0. The van der Waals surface area contributed by atoms with Crippen LogP contribution in [0.4, 0.5) is 13.2 Å². The lowest BCUT2D eigenvalue weighted by Gasteiger charge is -2.18. The van der Waals surface area contributed by atoms with E-state index in [9.17, 15) is 22.8 Å². The summed E-state index contributed by atoms with van der Waals surface area (Å²) in [5, 5.41) is 12.7. The van der Waals surface area contributed by atoms with E-state index >= 15 is 0 Å². The van der Waals surface area contributed by atoms with Gasteiger partial charge in [-0.3, -0.25) is 9.59 Å². The molecule has 1 aliphatic heterocycles. The first kappa shape index (κ1) is 18.0. The van der Waals surface area contributed by atoms with Crippen LogP contribution in [0.2, 0.25) is 0 Å². The van der Waals surface area contributed by atoms with Crippen molar-refractivity contribution in [2.45, 2.75) is 19.0 Å². The van der Waals surface area contributed by atoms with Crippen molar-refractivity contribution < 1.29 is 36.8 Å². The summed E-state index contributed by atoms with van der Waals surface area (Å²) in [5.74, 6) is -5.47. The second-order valence-electron chi connectivity index (χ2n) is 5.92. The van der Waals surface area contributed by atoms with Crippen molar-refractivity contribution >= 4 is 11.9 Å². The summed E-state index contributed by atoms with van der Waals surface area (Å²) in [6.07, 6.45) is -1.96. The van der Waals surface area contributed by atoms with Crippen molar-refractivity contribution in [3.05, 3.63) is 24.5 Å². The zero-order valence-corrected chi connectivity index (χ0v) is 13.3. The molecule has 0 bridgehead atoms. The summed E-state index contributed by atoms with van der Waals surface area (Å²) in [6.45, 7) is -1.13. The van der Waals surface area contributed by atoms with Crippen molar-refractivity contribution in [1.29, 1.82) is 0 Å². The second kappa shape index (κ2) is 6.81. The molecule has 2 atom stereocenters. The van der Waals surface area contributed by atoms with E-state index in [0.29, 0.717) is 5.56 Å². The number of carboxylic acid groups (broad SMARTS) is 1. The van der Waals surface area contributed by atoms with E-state index in [-0.39, 0.29) is 24.6 Å². The Morgan fingerprint density at radius 2 is 2.12 bits per heavy atom. The Kier molecular flexibility index (Phi) is 4.70. The molecular formula is C15H14F3N3O5. The molecule has 140 valence electrons. The van der Waals surface area contributed by atoms with Crippen LogP contribution in [0.15, 0.2) is 27.5 Å². The van der Waals surface area contributed by atoms with Gasteiger partial charge in [-0.05, 0) is 6.07 Å². The number of carboxylic acids is 1. The van der Waals surface area contributed by atoms with Gasteiger partial charge in [-0.1, -0.05) is 5.16 Å². The van der Waals surface area contributed by atoms with E-state index in [4.69, 9.17) is 14.0 Å². The minimum atomic E-state index is -4.68. The fourth-order valence-electron chi connectivity index (χ4n) is 2.83. The van der Waals surface area contributed by atoms with Crippen LogP contribution in [0.1, 0.15) is 12.3 Å². The number of hydrogen-bond acceptors (Lipinski definition) is 6. The van der Waals surface area contributed by atoms with Crippen LogP contribution in [-0.4, -0.2) is 51.3 Å². The molecule has 26 heavy (non-hydrogen) atoms. The predicted octanol–water partition coefficient (Wildman–Crippen LogP) is 1.98. The van der Waals surface area contributed by atoms with E-state index in [1.807, 2.05) is 0 Å². The molecule has 0 aliphatic carbocycles.